The van der Waals surface area contributed by atoms with Gasteiger partial charge in [0.1, 0.15) is 12.4 Å². The third-order valence-electron chi connectivity index (χ3n) is 4.91. The van der Waals surface area contributed by atoms with E-state index in [4.69, 9.17) is 4.74 Å². The van der Waals surface area contributed by atoms with Crippen LogP contribution in [0.5, 0.6) is 5.75 Å². The van der Waals surface area contributed by atoms with Crippen molar-refractivity contribution in [1.82, 2.24) is 15.1 Å². The zero-order chi connectivity index (χ0) is 22.6. The first-order chi connectivity index (χ1) is 14.6. The minimum absolute atomic E-state index is 0.0845. The molecule has 0 saturated heterocycles. The summed E-state index contributed by atoms with van der Waals surface area (Å²) in [5, 5.41) is 7.14. The van der Waals surface area contributed by atoms with Crippen molar-refractivity contribution in [1.29, 1.82) is 0 Å². The maximum Gasteiger partial charge on any atom is 0.416 e. The molecule has 164 valence electrons. The van der Waals surface area contributed by atoms with Gasteiger partial charge < -0.3 is 10.1 Å². The lowest BCUT2D eigenvalue weighted by Crippen LogP contribution is -2.29. The Morgan fingerprint density at radius 1 is 1.10 bits per heavy atom. The van der Waals surface area contributed by atoms with Crippen molar-refractivity contribution in [3.05, 3.63) is 76.6 Å². The molecule has 3 rings (SSSR count). The Balaban J connectivity index is 1.61. The maximum absolute atomic E-state index is 13.0. The molecule has 0 aliphatic carbocycles. The largest absolute Gasteiger partial charge is 0.492 e. The number of rotatable bonds is 7. The van der Waals surface area contributed by atoms with Crippen LogP contribution in [0.1, 0.15) is 28.1 Å². The van der Waals surface area contributed by atoms with Crippen LogP contribution in [0.3, 0.4) is 0 Å². The minimum atomic E-state index is -4.44. The highest BCUT2D eigenvalue weighted by Crippen LogP contribution is 2.30. The molecule has 1 N–H and O–H groups in total. The fraction of sp³-hybridized carbons (Fsp3) is 0.304. The fourth-order valence-electron chi connectivity index (χ4n) is 3.21. The number of amides is 1. The Morgan fingerprint density at radius 3 is 2.48 bits per heavy atom. The van der Waals surface area contributed by atoms with Gasteiger partial charge in [0.25, 0.3) is 0 Å². The second-order valence-corrected chi connectivity index (χ2v) is 7.30. The quantitative estimate of drug-likeness (QED) is 0.559. The lowest BCUT2D eigenvalue weighted by atomic mass is 10.1. The summed E-state index contributed by atoms with van der Waals surface area (Å²) < 4.78 is 46.1. The first kappa shape index (κ1) is 22.4. The SMILES string of the molecule is Cc1ccc(OCCNC(=O)Cc2c(C)nn(-c3cccc(C(F)(F)F)c3)c2C)cc1. The molecule has 0 radical (unpaired) electrons. The number of halogens is 3. The van der Waals surface area contributed by atoms with Gasteiger partial charge in [-0.25, -0.2) is 4.68 Å². The summed E-state index contributed by atoms with van der Waals surface area (Å²) in [6.45, 7) is 6.13. The maximum atomic E-state index is 13.0. The van der Waals surface area contributed by atoms with Crippen LogP contribution in [0.2, 0.25) is 0 Å². The van der Waals surface area contributed by atoms with Crippen molar-refractivity contribution in [3.8, 4) is 11.4 Å². The van der Waals surface area contributed by atoms with Gasteiger partial charge in [-0.05, 0) is 51.1 Å². The molecule has 0 fully saturated rings. The van der Waals surface area contributed by atoms with E-state index >= 15 is 0 Å². The third kappa shape index (κ3) is 5.65. The van der Waals surface area contributed by atoms with Crippen LogP contribution in [-0.2, 0) is 17.4 Å². The number of ether oxygens (including phenoxy) is 1. The van der Waals surface area contributed by atoms with Crippen LogP contribution in [0.15, 0.2) is 48.5 Å². The number of carbonyl (C=O) groups is 1. The van der Waals surface area contributed by atoms with Gasteiger partial charge in [0.05, 0.1) is 29.9 Å². The molecular weight excluding hydrogens is 407 g/mol. The van der Waals surface area contributed by atoms with E-state index in [2.05, 4.69) is 10.4 Å². The summed E-state index contributed by atoms with van der Waals surface area (Å²) in [5.41, 5.74) is 2.61. The van der Waals surface area contributed by atoms with Crippen molar-refractivity contribution in [2.45, 2.75) is 33.4 Å². The lowest BCUT2D eigenvalue weighted by molar-refractivity contribution is -0.137. The van der Waals surface area contributed by atoms with Crippen LogP contribution in [-0.4, -0.2) is 28.8 Å². The van der Waals surface area contributed by atoms with Crippen LogP contribution < -0.4 is 10.1 Å². The fourth-order valence-corrected chi connectivity index (χ4v) is 3.21. The van der Waals surface area contributed by atoms with Crippen molar-refractivity contribution < 1.29 is 22.7 Å². The molecule has 2 aromatic carbocycles. The Hall–Kier alpha value is -3.29. The number of hydrogen-bond acceptors (Lipinski definition) is 3. The smallest absolute Gasteiger partial charge is 0.416 e. The highest BCUT2D eigenvalue weighted by molar-refractivity contribution is 5.79. The average Bonchev–Trinajstić information content (AvgIpc) is 3.00. The lowest BCUT2D eigenvalue weighted by Gasteiger charge is -2.10. The standard InChI is InChI=1S/C23H24F3N3O2/c1-15-7-9-20(10-8-15)31-12-11-27-22(30)14-21-16(2)28-29(17(21)3)19-6-4-5-18(13-19)23(24,25)26/h4-10,13H,11-12,14H2,1-3H3,(H,27,30). The van der Waals surface area contributed by atoms with Crippen LogP contribution in [0.4, 0.5) is 13.2 Å². The zero-order valence-corrected chi connectivity index (χ0v) is 17.6. The molecule has 8 heteroatoms. The first-order valence-corrected chi connectivity index (χ1v) is 9.84. The summed E-state index contributed by atoms with van der Waals surface area (Å²) in [4.78, 5) is 12.4. The van der Waals surface area contributed by atoms with E-state index in [1.165, 1.54) is 10.7 Å². The summed E-state index contributed by atoms with van der Waals surface area (Å²) in [6.07, 6.45) is -4.35. The highest BCUT2D eigenvalue weighted by atomic mass is 19.4. The van der Waals surface area contributed by atoms with Gasteiger partial charge in [-0.3, -0.25) is 4.79 Å². The van der Waals surface area contributed by atoms with E-state index in [1.54, 1.807) is 19.9 Å². The second kappa shape index (κ2) is 9.24. The van der Waals surface area contributed by atoms with Gasteiger partial charge in [-0.2, -0.15) is 18.3 Å². The summed E-state index contributed by atoms with van der Waals surface area (Å²) in [7, 11) is 0. The van der Waals surface area contributed by atoms with Gasteiger partial charge in [0.15, 0.2) is 0 Å². The molecule has 0 atom stereocenters. The van der Waals surface area contributed by atoms with E-state index < -0.39 is 11.7 Å². The van der Waals surface area contributed by atoms with E-state index in [0.717, 1.165) is 23.4 Å². The second-order valence-electron chi connectivity index (χ2n) is 7.30. The number of nitrogens with zero attached hydrogens (tertiary/aromatic N) is 2. The van der Waals surface area contributed by atoms with E-state index in [1.807, 2.05) is 31.2 Å². The molecular formula is C23H24F3N3O2. The summed E-state index contributed by atoms with van der Waals surface area (Å²) in [5.74, 6) is 0.524. The zero-order valence-electron chi connectivity index (χ0n) is 17.6. The van der Waals surface area contributed by atoms with Crippen LogP contribution >= 0.6 is 0 Å². The predicted molar refractivity (Wildman–Crippen MR) is 111 cm³/mol. The summed E-state index contributed by atoms with van der Waals surface area (Å²) in [6, 6.07) is 12.6. The van der Waals surface area contributed by atoms with E-state index in [-0.39, 0.29) is 12.3 Å². The number of hydrogen-bond donors (Lipinski definition) is 1. The first-order valence-electron chi connectivity index (χ1n) is 9.84. The van der Waals surface area contributed by atoms with Crippen LogP contribution in [0.25, 0.3) is 5.69 Å². The third-order valence-corrected chi connectivity index (χ3v) is 4.91. The highest BCUT2D eigenvalue weighted by Gasteiger charge is 2.30. The van der Waals surface area contributed by atoms with Crippen molar-refractivity contribution in [3.63, 3.8) is 0 Å². The Labute approximate surface area is 178 Å². The molecule has 31 heavy (non-hydrogen) atoms. The Morgan fingerprint density at radius 2 is 1.81 bits per heavy atom. The van der Waals surface area contributed by atoms with Gasteiger partial charge in [0, 0.05) is 11.3 Å². The molecule has 0 aliphatic heterocycles. The number of alkyl halides is 3. The molecule has 3 aromatic rings. The molecule has 0 spiro atoms. The minimum Gasteiger partial charge on any atom is -0.492 e. The Bertz CT molecular complexity index is 1060. The predicted octanol–water partition coefficient (Wildman–Crippen LogP) is 4.55. The van der Waals surface area contributed by atoms with Gasteiger partial charge in [0.2, 0.25) is 5.91 Å². The number of aromatic nitrogens is 2. The molecule has 1 amide bonds. The molecule has 0 saturated carbocycles. The van der Waals surface area contributed by atoms with Crippen LogP contribution in [0, 0.1) is 20.8 Å². The van der Waals surface area contributed by atoms with E-state index in [9.17, 15) is 18.0 Å². The summed E-state index contributed by atoms with van der Waals surface area (Å²) >= 11 is 0. The van der Waals surface area contributed by atoms with Gasteiger partial charge >= 0.3 is 6.18 Å². The molecule has 0 unspecified atom stereocenters. The molecule has 1 aromatic heterocycles. The van der Waals surface area contributed by atoms with Gasteiger partial charge in [-0.1, -0.05) is 23.8 Å². The average molecular weight is 431 g/mol. The van der Waals surface area contributed by atoms with Crippen molar-refractivity contribution in [2.24, 2.45) is 0 Å². The van der Waals surface area contributed by atoms with Crippen molar-refractivity contribution in [2.75, 3.05) is 13.2 Å². The topological polar surface area (TPSA) is 56.1 Å². The molecule has 0 bridgehead atoms. The number of nitrogens with one attached hydrogen (secondary N) is 1. The molecule has 0 aliphatic rings. The number of benzene rings is 2. The molecule has 5 nitrogen and oxygen atoms in total. The Kier molecular flexibility index (Phi) is 6.68. The van der Waals surface area contributed by atoms with Crippen molar-refractivity contribution >= 4 is 5.91 Å². The van der Waals surface area contributed by atoms with Gasteiger partial charge in [-0.15, -0.1) is 0 Å². The van der Waals surface area contributed by atoms with E-state index in [0.29, 0.717) is 35.8 Å². The normalized spacial score (nSPS) is 11.4. The molecule has 1 heterocycles. The number of carbonyl (C=O) groups excluding carboxylic acids is 1. The monoisotopic (exact) mass is 431 g/mol. The number of aryl methyl sites for hydroxylation is 2.